The first-order valence-electron chi connectivity index (χ1n) is 15.8. The summed E-state index contributed by atoms with van der Waals surface area (Å²) < 4.78 is 19.9. The van der Waals surface area contributed by atoms with Gasteiger partial charge in [-0.1, -0.05) is 121 Å². The number of hydrogen-bond donors (Lipinski definition) is 0. The van der Waals surface area contributed by atoms with Gasteiger partial charge < -0.3 is 14.2 Å². The zero-order chi connectivity index (χ0) is 30.0. The zero-order valence-corrected chi connectivity index (χ0v) is 25.2. The maximum atomic E-state index is 7.04. The highest BCUT2D eigenvalue weighted by Crippen LogP contribution is 2.50. The molecule has 0 amide bonds. The fourth-order valence-corrected chi connectivity index (χ4v) is 6.81. The summed E-state index contributed by atoms with van der Waals surface area (Å²) in [4.78, 5) is 0. The first-order chi connectivity index (χ1) is 22.3. The quantitative estimate of drug-likeness (QED) is 0.178. The fourth-order valence-electron chi connectivity index (χ4n) is 6.81. The standard InChI is InChI=1S/C42H34O3/c1-5-13-29(14-6-1)25-33-27-37(35-21-23-43-41(35)39(33)31-17-9-3-10-18-31)45-38-28-34(26-30-15-7-2-8-16-30)40(32-19-11-4-12-20-32)42-36(38)22-24-44-42/h1-20,27-28H,21-26H2. The van der Waals surface area contributed by atoms with Crippen LogP contribution >= 0.6 is 0 Å². The Kier molecular flexibility index (Phi) is 7.28. The van der Waals surface area contributed by atoms with Gasteiger partial charge in [0.05, 0.1) is 13.2 Å². The largest absolute Gasteiger partial charge is 0.492 e. The SMILES string of the molecule is c1ccc(Cc2cc(Oc3cc(Cc4ccccc4)c(-c4ccccc4)c4c3CCO4)c3c(c2-c2ccccc2)OCC3)cc1. The van der Waals surface area contributed by atoms with E-state index in [0.29, 0.717) is 13.2 Å². The van der Waals surface area contributed by atoms with Gasteiger partial charge in [-0.15, -0.1) is 0 Å². The lowest BCUT2D eigenvalue weighted by atomic mass is 9.90. The van der Waals surface area contributed by atoms with E-state index < -0.39 is 0 Å². The van der Waals surface area contributed by atoms with Crippen LogP contribution < -0.4 is 14.2 Å². The van der Waals surface area contributed by atoms with Crippen molar-refractivity contribution >= 4 is 0 Å². The Labute approximate surface area is 264 Å². The number of ether oxygens (including phenoxy) is 3. The highest BCUT2D eigenvalue weighted by atomic mass is 16.5. The van der Waals surface area contributed by atoms with Gasteiger partial charge in [0, 0.05) is 35.1 Å². The van der Waals surface area contributed by atoms with Gasteiger partial charge in [-0.3, -0.25) is 0 Å². The highest BCUT2D eigenvalue weighted by Gasteiger charge is 2.29. The molecule has 6 aromatic carbocycles. The minimum Gasteiger partial charge on any atom is -0.492 e. The van der Waals surface area contributed by atoms with E-state index in [9.17, 15) is 0 Å². The smallest absolute Gasteiger partial charge is 0.134 e. The van der Waals surface area contributed by atoms with Crippen molar-refractivity contribution in [3.8, 4) is 45.3 Å². The molecule has 2 heterocycles. The molecule has 220 valence electrons. The van der Waals surface area contributed by atoms with Gasteiger partial charge in [0.1, 0.15) is 23.0 Å². The molecule has 6 aromatic rings. The topological polar surface area (TPSA) is 27.7 Å². The van der Waals surface area contributed by atoms with E-state index in [0.717, 1.165) is 70.9 Å². The third-order valence-corrected chi connectivity index (χ3v) is 8.87. The highest BCUT2D eigenvalue weighted by molar-refractivity contribution is 5.81. The van der Waals surface area contributed by atoms with Crippen LogP contribution in [0.25, 0.3) is 22.3 Å². The summed E-state index contributed by atoms with van der Waals surface area (Å²) in [6, 6.07) is 47.0. The van der Waals surface area contributed by atoms with Crippen LogP contribution in [-0.4, -0.2) is 13.2 Å². The molecule has 45 heavy (non-hydrogen) atoms. The average molecular weight is 587 g/mol. The Hall–Kier alpha value is -5.28. The molecule has 0 unspecified atom stereocenters. The maximum absolute atomic E-state index is 7.04. The predicted molar refractivity (Wildman–Crippen MR) is 181 cm³/mol. The van der Waals surface area contributed by atoms with E-state index in [1.54, 1.807) is 0 Å². The van der Waals surface area contributed by atoms with Crippen LogP contribution in [0.5, 0.6) is 23.0 Å². The van der Waals surface area contributed by atoms with E-state index in [2.05, 4.69) is 133 Å². The summed E-state index contributed by atoms with van der Waals surface area (Å²) in [5, 5.41) is 0. The number of rotatable bonds is 8. The molecule has 0 aliphatic carbocycles. The van der Waals surface area contributed by atoms with Crippen molar-refractivity contribution in [3.63, 3.8) is 0 Å². The summed E-state index contributed by atoms with van der Waals surface area (Å²) in [5.74, 6) is 3.64. The Morgan fingerprint density at radius 1 is 0.467 bits per heavy atom. The number of hydrogen-bond acceptors (Lipinski definition) is 3. The van der Waals surface area contributed by atoms with Crippen LogP contribution in [0.3, 0.4) is 0 Å². The third kappa shape index (κ3) is 5.36. The van der Waals surface area contributed by atoms with Crippen LogP contribution in [0.1, 0.15) is 33.4 Å². The molecule has 0 N–H and O–H groups in total. The van der Waals surface area contributed by atoms with Crippen molar-refractivity contribution in [2.75, 3.05) is 13.2 Å². The van der Waals surface area contributed by atoms with Gasteiger partial charge in [0.15, 0.2) is 0 Å². The number of benzene rings is 6. The Balaban J connectivity index is 1.28. The molecule has 2 aliphatic heterocycles. The summed E-state index contributed by atoms with van der Waals surface area (Å²) in [5.41, 5.74) is 11.8. The van der Waals surface area contributed by atoms with Crippen molar-refractivity contribution in [2.45, 2.75) is 25.7 Å². The van der Waals surface area contributed by atoms with Crippen LogP contribution in [0, 0.1) is 0 Å². The Morgan fingerprint density at radius 3 is 1.24 bits per heavy atom. The van der Waals surface area contributed by atoms with Crippen molar-refractivity contribution in [3.05, 3.63) is 167 Å². The molecule has 0 atom stereocenters. The van der Waals surface area contributed by atoms with E-state index in [4.69, 9.17) is 14.2 Å². The molecule has 0 aromatic heterocycles. The summed E-state index contributed by atoms with van der Waals surface area (Å²) in [6.45, 7) is 1.29. The van der Waals surface area contributed by atoms with Crippen LogP contribution in [0.2, 0.25) is 0 Å². The molecule has 0 saturated carbocycles. The minimum absolute atomic E-state index is 0.647. The van der Waals surface area contributed by atoms with E-state index in [1.165, 1.54) is 33.4 Å². The lowest BCUT2D eigenvalue weighted by molar-refractivity contribution is 0.357. The van der Waals surface area contributed by atoms with Crippen molar-refractivity contribution in [2.24, 2.45) is 0 Å². The summed E-state index contributed by atoms with van der Waals surface area (Å²) in [6.07, 6.45) is 3.19. The minimum atomic E-state index is 0.647. The molecular formula is C42H34O3. The monoisotopic (exact) mass is 586 g/mol. The number of fused-ring (bicyclic) bond motifs is 2. The summed E-state index contributed by atoms with van der Waals surface area (Å²) in [7, 11) is 0. The molecule has 8 rings (SSSR count). The molecule has 3 heteroatoms. The van der Waals surface area contributed by atoms with Gasteiger partial charge in [-0.05, 0) is 58.4 Å². The second-order valence-corrected chi connectivity index (χ2v) is 11.8. The molecule has 2 aliphatic rings. The van der Waals surface area contributed by atoms with Crippen molar-refractivity contribution in [1.29, 1.82) is 0 Å². The van der Waals surface area contributed by atoms with E-state index >= 15 is 0 Å². The third-order valence-electron chi connectivity index (χ3n) is 8.87. The van der Waals surface area contributed by atoms with Crippen molar-refractivity contribution in [1.82, 2.24) is 0 Å². The van der Waals surface area contributed by atoms with Crippen LogP contribution in [-0.2, 0) is 25.7 Å². The van der Waals surface area contributed by atoms with Gasteiger partial charge in [-0.25, -0.2) is 0 Å². The predicted octanol–water partition coefficient (Wildman–Crippen LogP) is 9.86. The normalized spacial score (nSPS) is 13.1. The van der Waals surface area contributed by atoms with Gasteiger partial charge >= 0.3 is 0 Å². The maximum Gasteiger partial charge on any atom is 0.134 e. The molecule has 0 saturated heterocycles. The van der Waals surface area contributed by atoms with E-state index in [1.807, 2.05) is 0 Å². The van der Waals surface area contributed by atoms with Crippen LogP contribution in [0.15, 0.2) is 133 Å². The van der Waals surface area contributed by atoms with Gasteiger partial charge in [-0.2, -0.15) is 0 Å². The molecule has 0 fully saturated rings. The fraction of sp³-hybridized carbons (Fsp3) is 0.143. The molecule has 0 bridgehead atoms. The van der Waals surface area contributed by atoms with Gasteiger partial charge in [0.2, 0.25) is 0 Å². The zero-order valence-electron chi connectivity index (χ0n) is 25.2. The Bertz CT molecular complexity index is 1800. The van der Waals surface area contributed by atoms with Gasteiger partial charge in [0.25, 0.3) is 0 Å². The second-order valence-electron chi connectivity index (χ2n) is 11.8. The Morgan fingerprint density at radius 2 is 0.844 bits per heavy atom. The first kappa shape index (κ1) is 27.3. The lowest BCUT2D eigenvalue weighted by Crippen LogP contribution is -2.01. The van der Waals surface area contributed by atoms with E-state index in [-0.39, 0.29) is 0 Å². The molecule has 3 nitrogen and oxygen atoms in total. The average Bonchev–Trinajstić information content (AvgIpc) is 3.78. The lowest BCUT2D eigenvalue weighted by Gasteiger charge is -2.21. The first-order valence-corrected chi connectivity index (χ1v) is 15.8. The van der Waals surface area contributed by atoms with Crippen LogP contribution in [0.4, 0.5) is 0 Å². The second kappa shape index (κ2) is 12.0. The molecule has 0 spiro atoms. The summed E-state index contributed by atoms with van der Waals surface area (Å²) >= 11 is 0. The molecular weight excluding hydrogens is 552 g/mol. The molecule has 0 radical (unpaired) electrons. The van der Waals surface area contributed by atoms with Crippen molar-refractivity contribution < 1.29 is 14.2 Å².